The van der Waals surface area contributed by atoms with E-state index in [2.05, 4.69) is 10.2 Å². The number of pyridine rings is 1. The van der Waals surface area contributed by atoms with Crippen molar-refractivity contribution in [3.63, 3.8) is 0 Å². The third kappa shape index (κ3) is 4.24. The maximum absolute atomic E-state index is 12.6. The molecule has 0 aliphatic carbocycles. The van der Waals surface area contributed by atoms with Gasteiger partial charge in [-0.15, -0.1) is 5.11 Å². The predicted octanol–water partition coefficient (Wildman–Crippen LogP) is 3.84. The summed E-state index contributed by atoms with van der Waals surface area (Å²) in [5.74, 6) is -0.372. The number of aromatic nitrogens is 1. The van der Waals surface area contributed by atoms with Crippen LogP contribution in [0.4, 0.5) is 11.4 Å². The van der Waals surface area contributed by atoms with Gasteiger partial charge in [0.05, 0.1) is 5.69 Å². The van der Waals surface area contributed by atoms with Crippen molar-refractivity contribution < 1.29 is 9.84 Å². The zero-order valence-electron chi connectivity index (χ0n) is 13.9. The molecule has 8 heteroatoms. The molecule has 0 fully saturated rings. The van der Waals surface area contributed by atoms with Crippen LogP contribution in [0.1, 0.15) is 17.5 Å². The number of aromatic hydroxyl groups is 1. The molecule has 0 aliphatic rings. The molecule has 0 amide bonds. The molecule has 1 aromatic carbocycles. The number of ether oxygens (including phenoxy) is 1. The third-order valence-electron chi connectivity index (χ3n) is 3.57. The molecule has 2 rings (SSSR count). The normalized spacial score (nSPS) is 11.0. The maximum Gasteiger partial charge on any atom is 0.281 e. The minimum atomic E-state index is -0.518. The molecule has 2 aromatic rings. The first-order valence-electron chi connectivity index (χ1n) is 7.52. The van der Waals surface area contributed by atoms with Crippen molar-refractivity contribution in [2.75, 3.05) is 13.7 Å². The van der Waals surface area contributed by atoms with Gasteiger partial charge in [-0.2, -0.15) is 10.4 Å². The minimum absolute atomic E-state index is 0.00272. The quantitative estimate of drug-likeness (QED) is 0.624. The SMILES string of the molecule is COCCCn1c(O)c(C#N)c(C)c(N=Nc2cccc(Cl)c2)c1=O. The number of nitriles is 1. The van der Waals surface area contributed by atoms with Crippen LogP contribution in [0.15, 0.2) is 39.3 Å². The first-order valence-corrected chi connectivity index (χ1v) is 7.90. The van der Waals surface area contributed by atoms with Crippen LogP contribution in [0, 0.1) is 18.3 Å². The molecule has 1 heterocycles. The topological polar surface area (TPSA) is 100.0 Å². The molecule has 0 saturated carbocycles. The van der Waals surface area contributed by atoms with Gasteiger partial charge >= 0.3 is 0 Å². The number of methoxy groups -OCH3 is 1. The molecular weight excluding hydrogens is 344 g/mol. The lowest BCUT2D eigenvalue weighted by atomic mass is 10.1. The van der Waals surface area contributed by atoms with Crippen LogP contribution in [-0.2, 0) is 11.3 Å². The Hall–Kier alpha value is -2.69. The lowest BCUT2D eigenvalue weighted by Crippen LogP contribution is -2.22. The number of halogens is 1. The average Bonchev–Trinajstić information content (AvgIpc) is 2.58. The number of nitrogens with zero attached hydrogens (tertiary/aromatic N) is 4. The Morgan fingerprint density at radius 1 is 1.40 bits per heavy atom. The number of rotatable bonds is 6. The van der Waals surface area contributed by atoms with E-state index < -0.39 is 5.56 Å². The zero-order valence-corrected chi connectivity index (χ0v) is 14.6. The fourth-order valence-corrected chi connectivity index (χ4v) is 2.46. The molecule has 0 saturated heterocycles. The Morgan fingerprint density at radius 2 is 2.16 bits per heavy atom. The first kappa shape index (κ1) is 18.6. The fraction of sp³-hybridized carbons (Fsp3) is 0.294. The van der Waals surface area contributed by atoms with E-state index in [4.69, 9.17) is 16.3 Å². The Bertz CT molecular complexity index is 900. The molecule has 0 aliphatic heterocycles. The lowest BCUT2D eigenvalue weighted by Gasteiger charge is -2.12. The molecule has 130 valence electrons. The highest BCUT2D eigenvalue weighted by Gasteiger charge is 2.18. The Labute approximate surface area is 149 Å². The van der Waals surface area contributed by atoms with Gasteiger partial charge in [-0.3, -0.25) is 9.36 Å². The molecule has 0 atom stereocenters. The third-order valence-corrected chi connectivity index (χ3v) is 3.81. The molecule has 0 bridgehead atoms. The van der Waals surface area contributed by atoms with Gasteiger partial charge < -0.3 is 9.84 Å². The van der Waals surface area contributed by atoms with Gasteiger partial charge in [0.2, 0.25) is 5.88 Å². The summed E-state index contributed by atoms with van der Waals surface area (Å²) in [5, 5.41) is 28.0. The van der Waals surface area contributed by atoms with E-state index in [0.717, 1.165) is 4.57 Å². The van der Waals surface area contributed by atoms with Crippen molar-refractivity contribution in [3.05, 3.63) is 50.8 Å². The molecular formula is C17H17ClN4O3. The Balaban J connectivity index is 2.51. The summed E-state index contributed by atoms with van der Waals surface area (Å²) < 4.78 is 6.06. The molecule has 1 N–H and O–H groups in total. The largest absolute Gasteiger partial charge is 0.493 e. The monoisotopic (exact) mass is 360 g/mol. The molecule has 0 unspecified atom stereocenters. The van der Waals surface area contributed by atoms with Gasteiger partial charge in [0.25, 0.3) is 5.56 Å². The summed E-state index contributed by atoms with van der Waals surface area (Å²) in [6.07, 6.45) is 0.503. The second kappa shape index (κ2) is 8.42. The van der Waals surface area contributed by atoms with Crippen molar-refractivity contribution in [1.29, 1.82) is 5.26 Å². The van der Waals surface area contributed by atoms with Crippen molar-refractivity contribution in [1.82, 2.24) is 4.57 Å². The lowest BCUT2D eigenvalue weighted by molar-refractivity contribution is 0.188. The number of benzene rings is 1. The highest BCUT2D eigenvalue weighted by molar-refractivity contribution is 6.30. The second-order valence-corrected chi connectivity index (χ2v) is 5.70. The van der Waals surface area contributed by atoms with E-state index >= 15 is 0 Å². The van der Waals surface area contributed by atoms with Gasteiger partial charge in [-0.05, 0) is 31.5 Å². The van der Waals surface area contributed by atoms with Gasteiger partial charge in [0.15, 0.2) is 5.69 Å². The number of hydrogen-bond donors (Lipinski definition) is 1. The number of azo groups is 1. The van der Waals surface area contributed by atoms with Crippen LogP contribution in [-0.4, -0.2) is 23.4 Å². The molecule has 0 spiro atoms. The van der Waals surface area contributed by atoms with Crippen molar-refractivity contribution >= 4 is 23.0 Å². The Kier molecular flexibility index (Phi) is 6.28. The highest BCUT2D eigenvalue weighted by atomic mass is 35.5. The summed E-state index contributed by atoms with van der Waals surface area (Å²) in [6.45, 7) is 2.17. The zero-order chi connectivity index (χ0) is 18.4. The standard InChI is InChI=1S/C17H17ClN4O3/c1-11-14(10-19)16(23)22(7-4-8-25-2)17(24)15(11)21-20-13-6-3-5-12(18)9-13/h3,5-6,9,23H,4,7-8H2,1-2H3. The van der Waals surface area contributed by atoms with Crippen molar-refractivity contribution in [2.24, 2.45) is 10.2 Å². The summed E-state index contributed by atoms with van der Waals surface area (Å²) >= 11 is 5.90. The van der Waals surface area contributed by atoms with E-state index in [1.807, 2.05) is 6.07 Å². The van der Waals surface area contributed by atoms with E-state index in [0.29, 0.717) is 23.7 Å². The molecule has 1 aromatic heterocycles. The van der Waals surface area contributed by atoms with Crippen LogP contribution >= 0.6 is 11.6 Å². The minimum Gasteiger partial charge on any atom is -0.493 e. The van der Waals surface area contributed by atoms with E-state index in [-0.39, 0.29) is 29.2 Å². The Morgan fingerprint density at radius 3 is 2.80 bits per heavy atom. The summed E-state index contributed by atoms with van der Waals surface area (Å²) in [5.41, 5.74) is 0.238. The van der Waals surface area contributed by atoms with Crippen LogP contribution in [0.5, 0.6) is 5.88 Å². The van der Waals surface area contributed by atoms with Crippen molar-refractivity contribution in [3.8, 4) is 11.9 Å². The molecule has 25 heavy (non-hydrogen) atoms. The molecule has 7 nitrogen and oxygen atoms in total. The van der Waals surface area contributed by atoms with E-state index in [1.165, 1.54) is 0 Å². The van der Waals surface area contributed by atoms with Gasteiger partial charge in [-0.1, -0.05) is 17.7 Å². The van der Waals surface area contributed by atoms with Crippen LogP contribution in [0.3, 0.4) is 0 Å². The van der Waals surface area contributed by atoms with E-state index in [9.17, 15) is 15.2 Å². The van der Waals surface area contributed by atoms with Crippen LogP contribution < -0.4 is 5.56 Å². The summed E-state index contributed by atoms with van der Waals surface area (Å²) in [7, 11) is 1.54. The van der Waals surface area contributed by atoms with Gasteiger partial charge in [0.1, 0.15) is 11.6 Å². The number of hydrogen-bond acceptors (Lipinski definition) is 6. The average molecular weight is 361 g/mol. The highest BCUT2D eigenvalue weighted by Crippen LogP contribution is 2.27. The fourth-order valence-electron chi connectivity index (χ4n) is 2.28. The predicted molar refractivity (Wildman–Crippen MR) is 93.9 cm³/mol. The summed E-state index contributed by atoms with van der Waals surface area (Å²) in [6, 6.07) is 8.60. The van der Waals surface area contributed by atoms with Gasteiger partial charge in [-0.25, -0.2) is 0 Å². The second-order valence-electron chi connectivity index (χ2n) is 5.27. The molecule has 0 radical (unpaired) electrons. The van der Waals surface area contributed by atoms with Crippen LogP contribution in [0.25, 0.3) is 0 Å². The maximum atomic E-state index is 12.6. The van der Waals surface area contributed by atoms with E-state index in [1.54, 1.807) is 38.3 Å². The van der Waals surface area contributed by atoms with Gasteiger partial charge in [0, 0.05) is 30.8 Å². The van der Waals surface area contributed by atoms with Crippen LogP contribution in [0.2, 0.25) is 5.02 Å². The van der Waals surface area contributed by atoms with Crippen molar-refractivity contribution in [2.45, 2.75) is 19.9 Å². The summed E-state index contributed by atoms with van der Waals surface area (Å²) in [4.78, 5) is 12.6. The first-order chi connectivity index (χ1) is 12.0. The smallest absolute Gasteiger partial charge is 0.281 e.